The maximum atomic E-state index is 5.39. The van der Waals surface area contributed by atoms with Crippen molar-refractivity contribution in [2.45, 2.75) is 19.1 Å². The molecule has 0 aromatic carbocycles. The lowest BCUT2D eigenvalue weighted by atomic mass is 10.1. The summed E-state index contributed by atoms with van der Waals surface area (Å²) in [7, 11) is 0. The highest BCUT2D eigenvalue weighted by Crippen LogP contribution is 2.19. The van der Waals surface area contributed by atoms with Crippen molar-refractivity contribution in [1.29, 1.82) is 0 Å². The molecule has 0 spiro atoms. The summed E-state index contributed by atoms with van der Waals surface area (Å²) in [5.74, 6) is 0. The normalized spacial score (nSPS) is 35.4. The Morgan fingerprint density at radius 2 is 2.30 bits per heavy atom. The molecule has 0 N–H and O–H groups in total. The van der Waals surface area contributed by atoms with Gasteiger partial charge >= 0.3 is 0 Å². The summed E-state index contributed by atoms with van der Waals surface area (Å²) in [6.45, 7) is 3.69. The van der Waals surface area contributed by atoms with Crippen molar-refractivity contribution in [3.63, 3.8) is 0 Å². The van der Waals surface area contributed by atoms with E-state index in [1.807, 2.05) is 0 Å². The molecule has 58 valence electrons. The molecule has 1 atom stereocenters. The van der Waals surface area contributed by atoms with Crippen molar-refractivity contribution in [3.05, 3.63) is 0 Å². The molecule has 0 saturated carbocycles. The monoisotopic (exact) mass is 143 g/mol. The largest absolute Gasteiger partial charge is 0.355 e. The van der Waals surface area contributed by atoms with Crippen LogP contribution in [-0.4, -0.2) is 37.6 Å². The van der Waals surface area contributed by atoms with Crippen LogP contribution in [0.1, 0.15) is 12.8 Å². The first-order valence-corrected chi connectivity index (χ1v) is 3.90. The number of hydrogen-bond acceptors (Lipinski definition) is 3. The van der Waals surface area contributed by atoms with Gasteiger partial charge in [0.2, 0.25) is 0 Å². The van der Waals surface area contributed by atoms with Gasteiger partial charge in [0, 0.05) is 19.5 Å². The Bertz CT molecular complexity index is 104. The summed E-state index contributed by atoms with van der Waals surface area (Å²) in [4.78, 5) is 2.36. The molecule has 10 heavy (non-hydrogen) atoms. The lowest BCUT2D eigenvalue weighted by Gasteiger charge is -2.41. The summed E-state index contributed by atoms with van der Waals surface area (Å²) in [6, 6.07) is 0. The van der Waals surface area contributed by atoms with Crippen LogP contribution in [0.4, 0.5) is 0 Å². The van der Waals surface area contributed by atoms with Gasteiger partial charge in [0.15, 0.2) is 0 Å². The van der Waals surface area contributed by atoms with E-state index in [-0.39, 0.29) is 0 Å². The average molecular weight is 143 g/mol. The molecule has 3 nitrogen and oxygen atoms in total. The van der Waals surface area contributed by atoms with E-state index < -0.39 is 0 Å². The highest BCUT2D eigenvalue weighted by molar-refractivity contribution is 4.75. The average Bonchev–Trinajstić information content (AvgIpc) is 1.89. The smallest absolute Gasteiger partial charge is 0.148 e. The molecule has 2 saturated heterocycles. The molecule has 2 aliphatic rings. The summed E-state index contributed by atoms with van der Waals surface area (Å²) in [5, 5.41) is 0. The summed E-state index contributed by atoms with van der Waals surface area (Å²) in [6.07, 6.45) is 2.71. The first kappa shape index (κ1) is 6.58. The molecule has 2 aliphatic heterocycles. The van der Waals surface area contributed by atoms with Gasteiger partial charge in [-0.05, 0) is 6.42 Å². The van der Waals surface area contributed by atoms with E-state index in [0.717, 1.165) is 19.6 Å². The molecule has 0 bridgehead atoms. The minimum absolute atomic E-state index is 0.375. The maximum absolute atomic E-state index is 5.39. The van der Waals surface area contributed by atoms with Gasteiger partial charge in [-0.1, -0.05) is 0 Å². The third kappa shape index (κ3) is 1.17. The van der Waals surface area contributed by atoms with E-state index >= 15 is 0 Å². The molecule has 0 aliphatic carbocycles. The Labute approximate surface area is 60.9 Å². The zero-order valence-electron chi connectivity index (χ0n) is 6.08. The van der Waals surface area contributed by atoms with E-state index in [1.54, 1.807) is 0 Å². The van der Waals surface area contributed by atoms with Crippen molar-refractivity contribution in [3.8, 4) is 0 Å². The molecule has 2 fully saturated rings. The van der Waals surface area contributed by atoms with Crippen LogP contribution < -0.4 is 0 Å². The molecular weight excluding hydrogens is 130 g/mol. The van der Waals surface area contributed by atoms with Crippen molar-refractivity contribution in [2.24, 2.45) is 0 Å². The van der Waals surface area contributed by atoms with Gasteiger partial charge in [0.25, 0.3) is 0 Å². The Morgan fingerprint density at radius 1 is 1.30 bits per heavy atom. The van der Waals surface area contributed by atoms with E-state index in [2.05, 4.69) is 4.90 Å². The summed E-state index contributed by atoms with van der Waals surface area (Å²) in [5.41, 5.74) is 0. The molecule has 0 amide bonds. The van der Waals surface area contributed by atoms with Crippen LogP contribution in [0, 0.1) is 0 Å². The minimum atomic E-state index is 0.375. The van der Waals surface area contributed by atoms with Gasteiger partial charge in [-0.15, -0.1) is 0 Å². The quantitative estimate of drug-likeness (QED) is 0.490. The lowest BCUT2D eigenvalue weighted by molar-refractivity contribution is -0.196. The van der Waals surface area contributed by atoms with E-state index in [0.29, 0.717) is 13.0 Å². The topological polar surface area (TPSA) is 21.7 Å². The fourth-order valence-electron chi connectivity index (χ4n) is 1.42. The van der Waals surface area contributed by atoms with Gasteiger partial charge in [-0.25, -0.2) is 0 Å². The van der Waals surface area contributed by atoms with Gasteiger partial charge < -0.3 is 9.47 Å². The molecule has 3 heteroatoms. The Morgan fingerprint density at radius 3 is 3.10 bits per heavy atom. The van der Waals surface area contributed by atoms with Gasteiger partial charge in [-0.2, -0.15) is 0 Å². The van der Waals surface area contributed by atoms with Crippen LogP contribution in [0.5, 0.6) is 0 Å². The molecule has 2 heterocycles. The van der Waals surface area contributed by atoms with Crippen molar-refractivity contribution >= 4 is 0 Å². The van der Waals surface area contributed by atoms with E-state index in [1.165, 1.54) is 13.0 Å². The Hall–Kier alpha value is -0.120. The van der Waals surface area contributed by atoms with Gasteiger partial charge in [-0.3, -0.25) is 4.90 Å². The van der Waals surface area contributed by atoms with Crippen LogP contribution >= 0.6 is 0 Å². The second kappa shape index (κ2) is 2.86. The van der Waals surface area contributed by atoms with Gasteiger partial charge in [0.05, 0.1) is 6.61 Å². The third-order valence-corrected chi connectivity index (χ3v) is 2.15. The van der Waals surface area contributed by atoms with Crippen LogP contribution in [0.2, 0.25) is 0 Å². The standard InChI is InChI=1S/C7H13NO2/c1-3-8-4-2-7(8)10-6-9-5-1/h7H,1-6H2/t7-/m1/s1. The fraction of sp³-hybridized carbons (Fsp3) is 1.00. The second-order valence-corrected chi connectivity index (χ2v) is 2.83. The number of ether oxygens (including phenoxy) is 2. The third-order valence-electron chi connectivity index (χ3n) is 2.15. The van der Waals surface area contributed by atoms with E-state index in [4.69, 9.17) is 9.47 Å². The van der Waals surface area contributed by atoms with Crippen molar-refractivity contribution < 1.29 is 9.47 Å². The number of rotatable bonds is 0. The Balaban J connectivity index is 1.83. The SMILES string of the molecule is C1COCO[C@@H]2CCN2C1. The first-order valence-electron chi connectivity index (χ1n) is 3.90. The molecule has 2 rings (SSSR count). The molecule has 0 aromatic heterocycles. The van der Waals surface area contributed by atoms with Crippen molar-refractivity contribution in [1.82, 2.24) is 4.90 Å². The highest BCUT2D eigenvalue weighted by Gasteiger charge is 2.28. The number of nitrogens with zero attached hydrogens (tertiary/aromatic N) is 1. The lowest BCUT2D eigenvalue weighted by Crippen LogP contribution is -2.50. The molecular formula is C7H13NO2. The molecule has 0 unspecified atom stereocenters. The molecule has 0 radical (unpaired) electrons. The zero-order chi connectivity index (χ0) is 6.81. The van der Waals surface area contributed by atoms with Crippen LogP contribution in [-0.2, 0) is 9.47 Å². The maximum Gasteiger partial charge on any atom is 0.148 e. The number of hydrogen-bond donors (Lipinski definition) is 0. The van der Waals surface area contributed by atoms with Crippen LogP contribution in [0.15, 0.2) is 0 Å². The highest BCUT2D eigenvalue weighted by atomic mass is 16.7. The first-order chi connectivity index (χ1) is 4.97. The van der Waals surface area contributed by atoms with Crippen molar-refractivity contribution in [2.75, 3.05) is 26.5 Å². The summed E-state index contributed by atoms with van der Waals surface area (Å²) >= 11 is 0. The fourth-order valence-corrected chi connectivity index (χ4v) is 1.42. The van der Waals surface area contributed by atoms with Gasteiger partial charge in [0.1, 0.15) is 13.0 Å². The van der Waals surface area contributed by atoms with Crippen LogP contribution in [0.3, 0.4) is 0 Å². The number of fused-ring (bicyclic) bond motifs is 1. The Kier molecular flexibility index (Phi) is 1.88. The van der Waals surface area contributed by atoms with E-state index in [9.17, 15) is 0 Å². The second-order valence-electron chi connectivity index (χ2n) is 2.83. The minimum Gasteiger partial charge on any atom is -0.355 e. The molecule has 0 aromatic rings. The predicted molar refractivity (Wildman–Crippen MR) is 36.5 cm³/mol. The zero-order valence-corrected chi connectivity index (χ0v) is 6.08. The summed E-state index contributed by atoms with van der Waals surface area (Å²) < 4.78 is 10.6. The predicted octanol–water partition coefficient (Wildman–Crippen LogP) is 0.413. The van der Waals surface area contributed by atoms with Crippen LogP contribution in [0.25, 0.3) is 0 Å².